The zero-order valence-electron chi connectivity index (χ0n) is 10.6. The lowest BCUT2D eigenvalue weighted by Crippen LogP contribution is -1.98. The van der Waals surface area contributed by atoms with E-state index in [1.165, 1.54) is 0 Å². The minimum absolute atomic E-state index is 0.233. The van der Waals surface area contributed by atoms with Crippen molar-refractivity contribution in [2.45, 2.75) is 18.9 Å². The summed E-state index contributed by atoms with van der Waals surface area (Å²) in [5.74, 6) is 1.03. The SMILES string of the molecule is Oc1cc(Br)ccc1-c1nc2cccnc2n1C1CC1. The van der Waals surface area contributed by atoms with Gasteiger partial charge in [-0.1, -0.05) is 15.9 Å². The van der Waals surface area contributed by atoms with Crippen molar-refractivity contribution in [2.24, 2.45) is 0 Å². The molecule has 1 saturated carbocycles. The van der Waals surface area contributed by atoms with E-state index in [4.69, 9.17) is 0 Å². The first kappa shape index (κ1) is 11.9. The molecule has 0 aliphatic heterocycles. The van der Waals surface area contributed by atoms with Crippen LogP contribution in [0.3, 0.4) is 0 Å². The van der Waals surface area contributed by atoms with E-state index in [-0.39, 0.29) is 5.75 Å². The van der Waals surface area contributed by atoms with E-state index in [1.54, 1.807) is 12.3 Å². The molecule has 1 N–H and O–H groups in total. The molecule has 2 heterocycles. The van der Waals surface area contributed by atoms with Crippen molar-refractivity contribution < 1.29 is 5.11 Å². The van der Waals surface area contributed by atoms with Crippen molar-refractivity contribution in [1.29, 1.82) is 0 Å². The number of pyridine rings is 1. The molecule has 0 radical (unpaired) electrons. The first-order valence-electron chi connectivity index (χ1n) is 6.56. The van der Waals surface area contributed by atoms with Crippen molar-refractivity contribution in [3.63, 3.8) is 0 Å². The van der Waals surface area contributed by atoms with Crippen LogP contribution < -0.4 is 0 Å². The summed E-state index contributed by atoms with van der Waals surface area (Å²) < 4.78 is 3.00. The molecule has 0 bridgehead atoms. The fourth-order valence-electron chi connectivity index (χ4n) is 2.49. The van der Waals surface area contributed by atoms with Crippen LogP contribution in [0.2, 0.25) is 0 Å². The summed E-state index contributed by atoms with van der Waals surface area (Å²) in [6, 6.07) is 9.80. The summed E-state index contributed by atoms with van der Waals surface area (Å²) in [6.45, 7) is 0. The maximum Gasteiger partial charge on any atom is 0.160 e. The van der Waals surface area contributed by atoms with Crippen LogP contribution in [0.25, 0.3) is 22.6 Å². The fraction of sp³-hybridized carbons (Fsp3) is 0.200. The maximum atomic E-state index is 10.2. The van der Waals surface area contributed by atoms with E-state index in [9.17, 15) is 5.11 Å². The van der Waals surface area contributed by atoms with Gasteiger partial charge < -0.3 is 9.67 Å². The Hall–Kier alpha value is -1.88. The Morgan fingerprint density at radius 1 is 1.25 bits per heavy atom. The minimum atomic E-state index is 0.233. The predicted molar refractivity (Wildman–Crippen MR) is 80.6 cm³/mol. The number of hydrogen-bond donors (Lipinski definition) is 1. The summed E-state index contributed by atoms with van der Waals surface area (Å²) in [5, 5.41) is 10.2. The van der Waals surface area contributed by atoms with Gasteiger partial charge in [-0.2, -0.15) is 0 Å². The Morgan fingerprint density at radius 3 is 2.85 bits per heavy atom. The van der Waals surface area contributed by atoms with Crippen LogP contribution in [-0.2, 0) is 0 Å². The molecular formula is C15H12BrN3O. The van der Waals surface area contributed by atoms with Gasteiger partial charge in [0.15, 0.2) is 5.65 Å². The Labute approximate surface area is 124 Å². The zero-order valence-corrected chi connectivity index (χ0v) is 12.2. The number of phenols is 1. The second kappa shape index (κ2) is 4.31. The van der Waals surface area contributed by atoms with Crippen LogP contribution in [0.4, 0.5) is 0 Å². The Bertz CT molecular complexity index is 808. The van der Waals surface area contributed by atoms with E-state index in [0.717, 1.165) is 39.9 Å². The molecule has 5 heteroatoms. The average molecular weight is 330 g/mol. The number of hydrogen-bond acceptors (Lipinski definition) is 3. The molecule has 1 fully saturated rings. The first-order chi connectivity index (χ1) is 9.74. The zero-order chi connectivity index (χ0) is 13.7. The number of benzene rings is 1. The van der Waals surface area contributed by atoms with Crippen LogP contribution >= 0.6 is 15.9 Å². The second-order valence-corrected chi connectivity index (χ2v) is 5.96. The highest BCUT2D eigenvalue weighted by atomic mass is 79.9. The number of nitrogens with zero attached hydrogens (tertiary/aromatic N) is 3. The van der Waals surface area contributed by atoms with Gasteiger partial charge in [-0.05, 0) is 43.2 Å². The highest BCUT2D eigenvalue weighted by molar-refractivity contribution is 9.10. The Kier molecular flexibility index (Phi) is 2.57. The molecule has 3 aromatic rings. The normalized spacial score (nSPS) is 14.8. The standard InChI is InChI=1S/C15H12BrN3O/c16-9-3-6-11(13(20)8-9)14-18-12-2-1-7-17-15(12)19(14)10-4-5-10/h1-3,6-8,10,20H,4-5H2. The lowest BCUT2D eigenvalue weighted by molar-refractivity contribution is 0.476. The molecule has 0 saturated heterocycles. The molecule has 0 atom stereocenters. The maximum absolute atomic E-state index is 10.2. The third-order valence-electron chi connectivity index (χ3n) is 3.56. The van der Waals surface area contributed by atoms with Crippen LogP contribution in [0, 0.1) is 0 Å². The molecule has 1 aliphatic rings. The molecule has 1 aromatic carbocycles. The van der Waals surface area contributed by atoms with Gasteiger partial charge in [0.1, 0.15) is 17.1 Å². The van der Waals surface area contributed by atoms with Crippen LogP contribution in [0.15, 0.2) is 41.0 Å². The van der Waals surface area contributed by atoms with Gasteiger partial charge in [0, 0.05) is 16.7 Å². The molecule has 2 aromatic heterocycles. The number of aromatic hydroxyl groups is 1. The van der Waals surface area contributed by atoms with E-state index in [1.807, 2.05) is 24.3 Å². The molecule has 20 heavy (non-hydrogen) atoms. The van der Waals surface area contributed by atoms with Crippen molar-refractivity contribution in [1.82, 2.24) is 14.5 Å². The van der Waals surface area contributed by atoms with Crippen LogP contribution in [0.5, 0.6) is 5.75 Å². The van der Waals surface area contributed by atoms with Crippen molar-refractivity contribution in [2.75, 3.05) is 0 Å². The average Bonchev–Trinajstić information content (AvgIpc) is 3.19. The van der Waals surface area contributed by atoms with Gasteiger partial charge in [-0.3, -0.25) is 0 Å². The number of imidazole rings is 1. The van der Waals surface area contributed by atoms with E-state index < -0.39 is 0 Å². The summed E-state index contributed by atoms with van der Waals surface area (Å²) in [7, 11) is 0. The Balaban J connectivity index is 2.01. The number of rotatable bonds is 2. The summed E-state index contributed by atoms with van der Waals surface area (Å²) in [6.07, 6.45) is 4.08. The molecule has 1 aliphatic carbocycles. The number of aromatic nitrogens is 3. The largest absolute Gasteiger partial charge is 0.507 e. The smallest absolute Gasteiger partial charge is 0.160 e. The van der Waals surface area contributed by atoms with E-state index >= 15 is 0 Å². The third kappa shape index (κ3) is 1.81. The summed E-state index contributed by atoms with van der Waals surface area (Å²) in [5.41, 5.74) is 2.52. The Morgan fingerprint density at radius 2 is 2.10 bits per heavy atom. The number of halogens is 1. The van der Waals surface area contributed by atoms with Gasteiger partial charge in [0.2, 0.25) is 0 Å². The van der Waals surface area contributed by atoms with Crippen molar-refractivity contribution in [3.05, 3.63) is 41.0 Å². The summed E-state index contributed by atoms with van der Waals surface area (Å²) >= 11 is 3.36. The molecule has 100 valence electrons. The van der Waals surface area contributed by atoms with Crippen molar-refractivity contribution in [3.8, 4) is 17.1 Å². The van der Waals surface area contributed by atoms with Crippen molar-refractivity contribution >= 4 is 27.1 Å². The molecule has 0 amide bonds. The topological polar surface area (TPSA) is 50.9 Å². The lowest BCUT2D eigenvalue weighted by Gasteiger charge is -2.08. The molecular weight excluding hydrogens is 318 g/mol. The first-order valence-corrected chi connectivity index (χ1v) is 7.35. The van der Waals surface area contributed by atoms with Gasteiger partial charge in [-0.25, -0.2) is 9.97 Å². The van der Waals surface area contributed by atoms with E-state index in [2.05, 4.69) is 30.5 Å². The van der Waals surface area contributed by atoms with Crippen LogP contribution in [-0.4, -0.2) is 19.6 Å². The minimum Gasteiger partial charge on any atom is -0.507 e. The summed E-state index contributed by atoms with van der Waals surface area (Å²) in [4.78, 5) is 9.11. The second-order valence-electron chi connectivity index (χ2n) is 5.04. The molecule has 0 spiro atoms. The number of phenolic OH excluding ortho intramolecular Hbond substituents is 1. The highest BCUT2D eigenvalue weighted by Crippen LogP contribution is 2.42. The van der Waals surface area contributed by atoms with Gasteiger partial charge in [0.05, 0.1) is 5.56 Å². The van der Waals surface area contributed by atoms with E-state index in [0.29, 0.717) is 6.04 Å². The molecule has 4 rings (SSSR count). The van der Waals surface area contributed by atoms with Gasteiger partial charge in [-0.15, -0.1) is 0 Å². The van der Waals surface area contributed by atoms with Gasteiger partial charge in [0.25, 0.3) is 0 Å². The van der Waals surface area contributed by atoms with Crippen LogP contribution in [0.1, 0.15) is 18.9 Å². The van der Waals surface area contributed by atoms with Gasteiger partial charge >= 0.3 is 0 Å². The quantitative estimate of drug-likeness (QED) is 0.775. The molecule has 4 nitrogen and oxygen atoms in total. The molecule has 0 unspecified atom stereocenters. The highest BCUT2D eigenvalue weighted by Gasteiger charge is 2.29. The fourth-order valence-corrected chi connectivity index (χ4v) is 2.84. The predicted octanol–water partition coefficient (Wildman–Crippen LogP) is 3.90. The third-order valence-corrected chi connectivity index (χ3v) is 4.05. The lowest BCUT2D eigenvalue weighted by atomic mass is 10.2. The number of fused-ring (bicyclic) bond motifs is 1. The monoisotopic (exact) mass is 329 g/mol.